The molecule has 0 rings (SSSR count). The quantitative estimate of drug-likeness (QED) is 0.0270. The van der Waals surface area contributed by atoms with Crippen LogP contribution in [0, 0.1) is 0 Å². The van der Waals surface area contributed by atoms with Crippen molar-refractivity contribution in [3.05, 3.63) is 24.3 Å². The van der Waals surface area contributed by atoms with Gasteiger partial charge in [-0.05, 0) is 64.2 Å². The molecule has 4 N–H and O–H groups in total. The summed E-state index contributed by atoms with van der Waals surface area (Å²) in [4.78, 5) is 0. The fraction of sp³-hybridized carbons (Fsp3) is 0.865. The maximum Gasteiger partial charge on any atom is 0.341 e. The predicted octanol–water partition coefficient (Wildman–Crippen LogP) is 8.35. The third-order valence-corrected chi connectivity index (χ3v) is 8.24. The van der Waals surface area contributed by atoms with E-state index in [-0.39, 0.29) is 12.4 Å². The summed E-state index contributed by atoms with van der Waals surface area (Å²) in [5, 5.41) is 0. The normalized spacial score (nSPS) is 11.5. The number of nitrogens with zero attached hydrogens (tertiary/aromatic N) is 1. The van der Waals surface area contributed by atoms with Gasteiger partial charge in [-0.15, -0.1) is 0 Å². The van der Waals surface area contributed by atoms with E-state index in [0.717, 1.165) is 13.1 Å². The fourth-order valence-corrected chi connectivity index (χ4v) is 5.47. The molecule has 244 valence electrons. The average Bonchev–Trinajstić information content (AvgIpc) is 2.95. The third kappa shape index (κ3) is 35.1. The second-order valence-corrected chi connectivity index (χ2v) is 12.3. The van der Waals surface area contributed by atoms with Gasteiger partial charge < -0.3 is 12.4 Å². The van der Waals surface area contributed by atoms with Crippen LogP contribution in [0.1, 0.15) is 194 Å². The number of hydrogen-bond acceptors (Lipinski definition) is 0. The van der Waals surface area contributed by atoms with E-state index in [1.807, 2.05) is 0 Å². The van der Waals surface area contributed by atoms with Gasteiger partial charge in [0.05, 0.1) is 13.1 Å². The average molecular weight is 596 g/mol. The molecule has 0 aromatic rings. The lowest BCUT2D eigenvalue weighted by molar-refractivity contribution is -0.530. The highest BCUT2D eigenvalue weighted by Gasteiger charge is 2.04. The Morgan fingerprint density at radius 3 is 0.902 bits per heavy atom. The minimum atomic E-state index is 0. The summed E-state index contributed by atoms with van der Waals surface area (Å²) in [6.07, 6.45) is 47.4. The van der Waals surface area contributed by atoms with E-state index >= 15 is 0 Å². The first-order valence-corrected chi connectivity index (χ1v) is 18.1. The van der Waals surface area contributed by atoms with E-state index < -0.39 is 0 Å². The molecule has 0 aliphatic rings. The van der Waals surface area contributed by atoms with Crippen molar-refractivity contribution in [3.8, 4) is 0 Å². The number of rotatable bonds is 32. The first-order valence-electron chi connectivity index (χ1n) is 18.1. The Morgan fingerprint density at radius 2 is 0.634 bits per heavy atom. The SMILES string of the molecule is CCCCCCCC/C=C\CCCCCCCC[N+](CCCCCCCC/C=C\CCCCCCCC)=C(N)N.[Cl-]. The smallest absolute Gasteiger partial charge is 0.341 e. The van der Waals surface area contributed by atoms with Crippen LogP contribution in [-0.4, -0.2) is 23.6 Å². The minimum absolute atomic E-state index is 0. The lowest BCUT2D eigenvalue weighted by Crippen LogP contribution is -3.00. The van der Waals surface area contributed by atoms with Gasteiger partial charge in [-0.25, -0.2) is 0 Å². The van der Waals surface area contributed by atoms with E-state index in [4.69, 9.17) is 11.5 Å². The Labute approximate surface area is 264 Å². The van der Waals surface area contributed by atoms with Crippen molar-refractivity contribution in [2.75, 3.05) is 13.1 Å². The van der Waals surface area contributed by atoms with Crippen LogP contribution in [0.15, 0.2) is 24.3 Å². The Balaban J connectivity index is 0. The molecular weight excluding hydrogens is 522 g/mol. The highest BCUT2D eigenvalue weighted by atomic mass is 35.5. The van der Waals surface area contributed by atoms with Gasteiger partial charge in [0.1, 0.15) is 0 Å². The van der Waals surface area contributed by atoms with E-state index in [1.54, 1.807) is 0 Å². The molecule has 0 saturated carbocycles. The first-order chi connectivity index (χ1) is 19.7. The van der Waals surface area contributed by atoms with Gasteiger partial charge in [0, 0.05) is 0 Å². The molecule has 0 amide bonds. The van der Waals surface area contributed by atoms with Crippen molar-refractivity contribution < 1.29 is 17.0 Å². The van der Waals surface area contributed by atoms with E-state index in [9.17, 15) is 0 Å². The van der Waals surface area contributed by atoms with Crippen molar-refractivity contribution in [1.29, 1.82) is 0 Å². The monoisotopic (exact) mass is 596 g/mol. The Morgan fingerprint density at radius 1 is 0.390 bits per heavy atom. The lowest BCUT2D eigenvalue weighted by Gasteiger charge is -2.09. The van der Waals surface area contributed by atoms with Crippen LogP contribution >= 0.6 is 0 Å². The first kappa shape index (κ1) is 42.2. The molecule has 0 unspecified atom stereocenters. The standard InChI is InChI=1S/C37H73N3.ClH/c1-3-5-7-9-11-13-15-17-19-21-23-25-27-29-31-33-35-40(37(38)39)36-34-32-30-28-26-24-22-20-18-16-14-12-10-8-6-4-2;/h17-20H,3-16,21-36H2,1-2H3,(H3,38,39);1H/b19-17-,20-18-;. The van der Waals surface area contributed by atoms with Gasteiger partial charge in [-0.1, -0.05) is 154 Å². The highest BCUT2D eigenvalue weighted by Crippen LogP contribution is 2.12. The topological polar surface area (TPSA) is 55.0 Å². The second-order valence-electron chi connectivity index (χ2n) is 12.3. The Hall–Kier alpha value is -0.960. The molecule has 0 aromatic carbocycles. The number of guanidine groups is 1. The van der Waals surface area contributed by atoms with Gasteiger partial charge in [0.2, 0.25) is 0 Å². The van der Waals surface area contributed by atoms with Crippen molar-refractivity contribution in [2.45, 2.75) is 194 Å². The number of hydrogen-bond donors (Lipinski definition) is 2. The zero-order chi connectivity index (χ0) is 29.2. The summed E-state index contributed by atoms with van der Waals surface area (Å²) < 4.78 is 2.21. The molecule has 0 saturated heterocycles. The highest BCUT2D eigenvalue weighted by molar-refractivity contribution is 5.70. The number of unbranched alkanes of at least 4 members (excludes halogenated alkanes) is 24. The predicted molar refractivity (Wildman–Crippen MR) is 182 cm³/mol. The molecule has 0 bridgehead atoms. The Kier molecular flexibility index (Phi) is 38.1. The number of allylic oxidation sites excluding steroid dienone is 4. The van der Waals surface area contributed by atoms with Crippen molar-refractivity contribution in [2.24, 2.45) is 11.5 Å². The maximum atomic E-state index is 5.98. The number of halogens is 1. The molecule has 3 nitrogen and oxygen atoms in total. The number of nitrogens with two attached hydrogens (primary N) is 2. The van der Waals surface area contributed by atoms with Gasteiger partial charge >= 0.3 is 5.96 Å². The lowest BCUT2D eigenvalue weighted by atomic mass is 10.1. The summed E-state index contributed by atoms with van der Waals surface area (Å²) in [7, 11) is 0. The van der Waals surface area contributed by atoms with Crippen LogP contribution in [0.3, 0.4) is 0 Å². The van der Waals surface area contributed by atoms with Crippen LogP contribution in [0.4, 0.5) is 0 Å². The van der Waals surface area contributed by atoms with Crippen LogP contribution in [0.25, 0.3) is 0 Å². The van der Waals surface area contributed by atoms with E-state index in [0.29, 0.717) is 5.96 Å². The van der Waals surface area contributed by atoms with Gasteiger partial charge in [-0.2, -0.15) is 0 Å². The zero-order valence-electron chi connectivity index (χ0n) is 28.0. The van der Waals surface area contributed by atoms with Gasteiger partial charge in [-0.3, -0.25) is 16.0 Å². The summed E-state index contributed by atoms with van der Waals surface area (Å²) in [5.41, 5.74) is 12.0. The Bertz CT molecular complexity index is 537. The van der Waals surface area contributed by atoms with Crippen molar-refractivity contribution in [3.63, 3.8) is 0 Å². The molecule has 0 atom stereocenters. The fourth-order valence-electron chi connectivity index (χ4n) is 5.47. The molecule has 0 fully saturated rings. The van der Waals surface area contributed by atoms with Crippen LogP contribution in [0.2, 0.25) is 0 Å². The van der Waals surface area contributed by atoms with E-state index in [1.165, 1.54) is 180 Å². The minimum Gasteiger partial charge on any atom is -1.00 e. The molecule has 41 heavy (non-hydrogen) atoms. The molecule has 4 heteroatoms. The molecule has 0 heterocycles. The molecular formula is C37H74ClN3. The third-order valence-electron chi connectivity index (χ3n) is 8.24. The molecule has 0 aliphatic heterocycles. The molecule has 0 aromatic heterocycles. The van der Waals surface area contributed by atoms with E-state index in [2.05, 4.69) is 42.7 Å². The van der Waals surface area contributed by atoms with Crippen LogP contribution < -0.4 is 23.9 Å². The second kappa shape index (κ2) is 37.1. The van der Waals surface area contributed by atoms with Gasteiger partial charge in [0.25, 0.3) is 0 Å². The van der Waals surface area contributed by atoms with Crippen molar-refractivity contribution >= 4 is 5.96 Å². The van der Waals surface area contributed by atoms with Crippen LogP contribution in [0.5, 0.6) is 0 Å². The molecule has 0 spiro atoms. The summed E-state index contributed by atoms with van der Waals surface area (Å²) in [6.45, 7) is 6.62. The largest absolute Gasteiger partial charge is 1.00 e. The summed E-state index contributed by atoms with van der Waals surface area (Å²) in [6, 6.07) is 0. The maximum absolute atomic E-state index is 5.98. The molecule has 0 radical (unpaired) electrons. The van der Waals surface area contributed by atoms with Crippen LogP contribution in [-0.2, 0) is 0 Å². The summed E-state index contributed by atoms with van der Waals surface area (Å²) >= 11 is 0. The zero-order valence-corrected chi connectivity index (χ0v) is 28.8. The van der Waals surface area contributed by atoms with Crippen molar-refractivity contribution in [1.82, 2.24) is 0 Å². The molecule has 0 aliphatic carbocycles. The van der Waals surface area contributed by atoms with Gasteiger partial charge in [0.15, 0.2) is 0 Å². The summed E-state index contributed by atoms with van der Waals surface area (Å²) in [5.74, 6) is 0.514.